The monoisotopic (exact) mass is 250 g/mol. The summed E-state index contributed by atoms with van der Waals surface area (Å²) in [5.74, 6) is -1.62. The molecular formula is C9H9F3N2O3. The van der Waals surface area contributed by atoms with E-state index in [1.807, 2.05) is 0 Å². The number of hydrogen-bond donors (Lipinski definition) is 1. The van der Waals surface area contributed by atoms with Crippen LogP contribution in [0.1, 0.15) is 29.5 Å². The Balaban J connectivity index is 2.71. The SMILES string of the molecule is CCOC(=O)CC(=O)c1cc(C(F)(F)F)[nH]n1. The topological polar surface area (TPSA) is 72.1 Å². The van der Waals surface area contributed by atoms with Gasteiger partial charge in [0, 0.05) is 0 Å². The van der Waals surface area contributed by atoms with Crippen LogP contribution in [0.25, 0.3) is 0 Å². The zero-order valence-electron chi connectivity index (χ0n) is 8.80. The van der Waals surface area contributed by atoms with E-state index in [1.165, 1.54) is 0 Å². The number of alkyl halides is 3. The van der Waals surface area contributed by atoms with Gasteiger partial charge >= 0.3 is 12.1 Å². The number of ether oxygens (including phenoxy) is 1. The molecule has 0 radical (unpaired) electrons. The smallest absolute Gasteiger partial charge is 0.432 e. The number of aromatic amines is 1. The van der Waals surface area contributed by atoms with Gasteiger partial charge in [-0.25, -0.2) is 0 Å². The van der Waals surface area contributed by atoms with Gasteiger partial charge in [0.05, 0.1) is 6.61 Å². The number of Topliss-reactive ketones (excluding diaryl/α,β-unsaturated/α-hetero) is 1. The lowest BCUT2D eigenvalue weighted by Gasteiger charge is -2.00. The molecule has 0 saturated carbocycles. The molecule has 1 heterocycles. The maximum absolute atomic E-state index is 12.2. The van der Waals surface area contributed by atoms with Gasteiger partial charge in [-0.2, -0.15) is 18.3 Å². The van der Waals surface area contributed by atoms with Crippen LogP contribution in [-0.4, -0.2) is 28.6 Å². The summed E-state index contributed by atoms with van der Waals surface area (Å²) in [7, 11) is 0. The summed E-state index contributed by atoms with van der Waals surface area (Å²) in [5, 5.41) is 4.88. The second-order valence-electron chi connectivity index (χ2n) is 3.07. The minimum absolute atomic E-state index is 0.0977. The van der Waals surface area contributed by atoms with Crippen molar-refractivity contribution in [1.82, 2.24) is 10.2 Å². The van der Waals surface area contributed by atoms with Crippen LogP contribution in [0.5, 0.6) is 0 Å². The number of nitrogens with zero attached hydrogens (tertiary/aromatic N) is 1. The van der Waals surface area contributed by atoms with Gasteiger partial charge in [0.1, 0.15) is 17.8 Å². The molecule has 0 aromatic carbocycles. The average Bonchev–Trinajstić information content (AvgIpc) is 2.65. The van der Waals surface area contributed by atoms with E-state index in [0.717, 1.165) is 0 Å². The molecule has 8 heteroatoms. The highest BCUT2D eigenvalue weighted by atomic mass is 19.4. The molecule has 0 atom stereocenters. The van der Waals surface area contributed by atoms with Gasteiger partial charge in [-0.1, -0.05) is 0 Å². The van der Waals surface area contributed by atoms with Crippen molar-refractivity contribution in [3.8, 4) is 0 Å². The third-order valence-corrected chi connectivity index (χ3v) is 1.78. The number of esters is 1. The Morgan fingerprint density at radius 3 is 2.59 bits per heavy atom. The van der Waals surface area contributed by atoms with Crippen LogP contribution in [0.2, 0.25) is 0 Å². The number of carbonyl (C=O) groups is 2. The van der Waals surface area contributed by atoms with Crippen LogP contribution in [0.15, 0.2) is 6.07 Å². The summed E-state index contributed by atoms with van der Waals surface area (Å²) in [6, 6.07) is 0.557. The van der Waals surface area contributed by atoms with Crippen LogP contribution >= 0.6 is 0 Å². The van der Waals surface area contributed by atoms with Gasteiger partial charge in [0.2, 0.25) is 0 Å². The number of carbonyl (C=O) groups excluding carboxylic acids is 2. The van der Waals surface area contributed by atoms with E-state index in [1.54, 1.807) is 12.0 Å². The van der Waals surface area contributed by atoms with E-state index >= 15 is 0 Å². The fourth-order valence-corrected chi connectivity index (χ4v) is 1.04. The van der Waals surface area contributed by atoms with Gasteiger partial charge in [-0.3, -0.25) is 14.7 Å². The van der Waals surface area contributed by atoms with Crippen molar-refractivity contribution < 1.29 is 27.5 Å². The standard InChI is InChI=1S/C9H9F3N2O3/c1-2-17-8(16)4-6(15)5-3-7(14-13-5)9(10,11)12/h3H,2,4H2,1H3,(H,13,14). The third kappa shape index (κ3) is 3.58. The van der Waals surface area contributed by atoms with E-state index in [9.17, 15) is 22.8 Å². The molecule has 94 valence electrons. The first-order valence-electron chi connectivity index (χ1n) is 4.66. The highest BCUT2D eigenvalue weighted by molar-refractivity contribution is 6.04. The van der Waals surface area contributed by atoms with Crippen molar-refractivity contribution >= 4 is 11.8 Å². The predicted molar refractivity (Wildman–Crippen MR) is 49.2 cm³/mol. The van der Waals surface area contributed by atoms with Crippen LogP contribution in [0.3, 0.4) is 0 Å². The molecule has 1 aromatic rings. The Kier molecular flexibility index (Phi) is 3.87. The molecule has 0 spiro atoms. The fraction of sp³-hybridized carbons (Fsp3) is 0.444. The third-order valence-electron chi connectivity index (χ3n) is 1.78. The summed E-state index contributed by atoms with van der Waals surface area (Å²) in [6.07, 6.45) is -5.23. The molecule has 0 saturated heterocycles. The summed E-state index contributed by atoms with van der Waals surface area (Å²) in [6.45, 7) is 1.65. The zero-order chi connectivity index (χ0) is 13.1. The Bertz CT molecular complexity index is 425. The van der Waals surface area contributed by atoms with E-state index in [4.69, 9.17) is 0 Å². The summed E-state index contributed by atoms with van der Waals surface area (Å²) in [5.41, 5.74) is -1.57. The van der Waals surface area contributed by atoms with Crippen molar-refractivity contribution in [3.63, 3.8) is 0 Å². The lowest BCUT2D eigenvalue weighted by Crippen LogP contribution is -2.11. The van der Waals surface area contributed by atoms with Crippen LogP contribution in [0, 0.1) is 0 Å². The first-order chi connectivity index (χ1) is 7.84. The molecule has 1 N–H and O–H groups in total. The lowest BCUT2D eigenvalue weighted by atomic mass is 10.2. The summed E-state index contributed by atoms with van der Waals surface area (Å²) < 4.78 is 41.0. The van der Waals surface area contributed by atoms with Crippen molar-refractivity contribution in [3.05, 3.63) is 17.5 Å². The van der Waals surface area contributed by atoms with Crippen LogP contribution in [0.4, 0.5) is 13.2 Å². The molecule has 0 amide bonds. The Morgan fingerprint density at radius 1 is 1.47 bits per heavy atom. The van der Waals surface area contributed by atoms with Crippen LogP contribution in [-0.2, 0) is 15.7 Å². The molecule has 1 rings (SSSR count). The van der Waals surface area contributed by atoms with E-state index < -0.39 is 35.7 Å². The number of halogens is 3. The minimum Gasteiger partial charge on any atom is -0.466 e. The van der Waals surface area contributed by atoms with Gasteiger partial charge < -0.3 is 4.74 Å². The molecule has 0 unspecified atom stereocenters. The molecule has 0 aliphatic rings. The van der Waals surface area contributed by atoms with E-state index in [2.05, 4.69) is 9.84 Å². The molecule has 0 aliphatic heterocycles. The van der Waals surface area contributed by atoms with E-state index in [0.29, 0.717) is 6.07 Å². The van der Waals surface area contributed by atoms with Gasteiger partial charge in [0.15, 0.2) is 5.78 Å². The van der Waals surface area contributed by atoms with E-state index in [-0.39, 0.29) is 6.61 Å². The average molecular weight is 250 g/mol. The second kappa shape index (κ2) is 4.98. The maximum Gasteiger partial charge on any atom is 0.432 e. The summed E-state index contributed by atoms with van der Waals surface area (Å²) in [4.78, 5) is 22.2. The van der Waals surface area contributed by atoms with Gasteiger partial charge in [-0.05, 0) is 13.0 Å². The predicted octanol–water partition coefficient (Wildman–Crippen LogP) is 1.56. The number of ketones is 1. The van der Waals surface area contributed by atoms with Gasteiger partial charge in [0.25, 0.3) is 0 Å². The first kappa shape index (κ1) is 13.2. The molecule has 0 aliphatic carbocycles. The molecule has 5 nitrogen and oxygen atoms in total. The highest BCUT2D eigenvalue weighted by Gasteiger charge is 2.33. The minimum atomic E-state index is -4.60. The van der Waals surface area contributed by atoms with Gasteiger partial charge in [-0.15, -0.1) is 0 Å². The normalized spacial score (nSPS) is 11.3. The number of aromatic nitrogens is 2. The van der Waals surface area contributed by atoms with Crippen molar-refractivity contribution in [2.75, 3.05) is 6.61 Å². The number of rotatable bonds is 4. The Hall–Kier alpha value is -1.86. The maximum atomic E-state index is 12.2. The Morgan fingerprint density at radius 2 is 2.12 bits per heavy atom. The van der Waals surface area contributed by atoms with Crippen molar-refractivity contribution in [2.45, 2.75) is 19.5 Å². The quantitative estimate of drug-likeness (QED) is 0.500. The highest BCUT2D eigenvalue weighted by Crippen LogP contribution is 2.27. The van der Waals surface area contributed by atoms with Crippen molar-refractivity contribution in [1.29, 1.82) is 0 Å². The van der Waals surface area contributed by atoms with Crippen molar-refractivity contribution in [2.24, 2.45) is 0 Å². The Labute approximate surface area is 94.0 Å². The first-order valence-corrected chi connectivity index (χ1v) is 4.66. The lowest BCUT2D eigenvalue weighted by molar-refractivity contribution is -0.142. The second-order valence-corrected chi connectivity index (χ2v) is 3.07. The van der Waals surface area contributed by atoms with Crippen LogP contribution < -0.4 is 0 Å². The summed E-state index contributed by atoms with van der Waals surface area (Å²) >= 11 is 0. The molecule has 0 bridgehead atoms. The number of hydrogen-bond acceptors (Lipinski definition) is 4. The largest absolute Gasteiger partial charge is 0.466 e. The molecule has 17 heavy (non-hydrogen) atoms. The number of H-pyrrole nitrogens is 1. The number of nitrogens with one attached hydrogen (secondary N) is 1. The zero-order valence-corrected chi connectivity index (χ0v) is 8.80. The molecule has 0 fully saturated rings. The fourth-order valence-electron chi connectivity index (χ4n) is 1.04. The molecule has 1 aromatic heterocycles. The molecular weight excluding hydrogens is 241 g/mol.